The monoisotopic (exact) mass is 419 g/mol. The first-order valence-corrected chi connectivity index (χ1v) is 9.97. The molecule has 0 aromatic heterocycles. The number of hydrogen-bond donors (Lipinski definition) is 2. The molecule has 3 aromatic carbocycles. The molecule has 158 valence electrons. The number of rotatable bonds is 4. The Hall–Kier alpha value is -3.87. The van der Waals surface area contributed by atoms with Gasteiger partial charge in [-0.3, -0.25) is 4.79 Å². The molecular weight excluding hydrogens is 397 g/mol. The summed E-state index contributed by atoms with van der Waals surface area (Å²) in [5.41, 5.74) is 2.72. The van der Waals surface area contributed by atoms with Gasteiger partial charge in [-0.15, -0.1) is 0 Å². The zero-order valence-corrected chi connectivity index (χ0v) is 17.0. The number of halogens is 1. The maximum Gasteiger partial charge on any atom is 0.322 e. The summed E-state index contributed by atoms with van der Waals surface area (Å²) in [5.74, 6) is 0.0529. The molecule has 0 atom stereocenters. The van der Waals surface area contributed by atoms with E-state index < -0.39 is 11.8 Å². The largest absolute Gasteiger partial charge is 0.455 e. The molecule has 0 bridgehead atoms. The molecule has 31 heavy (non-hydrogen) atoms. The normalized spacial score (nSPS) is 12.6. The van der Waals surface area contributed by atoms with Gasteiger partial charge >= 0.3 is 6.03 Å². The zero-order chi connectivity index (χ0) is 21.8. The Morgan fingerprint density at radius 2 is 1.74 bits per heavy atom. The Balaban J connectivity index is 1.52. The van der Waals surface area contributed by atoms with Gasteiger partial charge in [0.05, 0.1) is 0 Å². The standard InChI is InChI=1S/C24H22FN3O3/c1-16(29)26-21-11-5-7-17-15-28(14-13-19(17)21)24(30)27-23-20(25)10-6-12-22(23)31-18-8-3-2-4-9-18/h2-12H,13-15H2,1H3,(H,26,29)(H,27,30). The second kappa shape index (κ2) is 8.87. The van der Waals surface area contributed by atoms with Crippen molar-refractivity contribution >= 4 is 23.3 Å². The van der Waals surface area contributed by atoms with Gasteiger partial charge in [0, 0.05) is 25.7 Å². The first kappa shape index (κ1) is 20.4. The highest BCUT2D eigenvalue weighted by Gasteiger charge is 2.24. The Morgan fingerprint density at radius 3 is 2.52 bits per heavy atom. The fourth-order valence-electron chi connectivity index (χ4n) is 3.60. The Labute approximate surface area is 179 Å². The van der Waals surface area contributed by atoms with Crippen LogP contribution in [-0.4, -0.2) is 23.4 Å². The van der Waals surface area contributed by atoms with E-state index in [-0.39, 0.29) is 17.3 Å². The van der Waals surface area contributed by atoms with E-state index in [2.05, 4.69) is 10.6 Å². The van der Waals surface area contributed by atoms with E-state index in [9.17, 15) is 14.0 Å². The van der Waals surface area contributed by atoms with Crippen LogP contribution in [0.3, 0.4) is 0 Å². The van der Waals surface area contributed by atoms with Gasteiger partial charge < -0.3 is 20.3 Å². The van der Waals surface area contributed by atoms with Gasteiger partial charge in [0.1, 0.15) is 11.4 Å². The van der Waals surface area contributed by atoms with Crippen LogP contribution in [-0.2, 0) is 17.8 Å². The molecule has 6 nitrogen and oxygen atoms in total. The summed E-state index contributed by atoms with van der Waals surface area (Å²) in [6, 6.07) is 18.6. The summed E-state index contributed by atoms with van der Waals surface area (Å²) in [7, 11) is 0. The molecule has 0 radical (unpaired) electrons. The molecule has 3 aromatic rings. The van der Waals surface area contributed by atoms with E-state index in [1.165, 1.54) is 19.1 Å². The molecule has 0 aliphatic carbocycles. The average Bonchev–Trinajstić information content (AvgIpc) is 2.76. The van der Waals surface area contributed by atoms with Crippen molar-refractivity contribution < 1.29 is 18.7 Å². The lowest BCUT2D eigenvalue weighted by molar-refractivity contribution is -0.114. The summed E-state index contributed by atoms with van der Waals surface area (Å²) < 4.78 is 20.3. The number of para-hydroxylation sites is 2. The third-order valence-electron chi connectivity index (χ3n) is 5.04. The van der Waals surface area contributed by atoms with Gasteiger partial charge in [-0.1, -0.05) is 36.4 Å². The molecule has 7 heteroatoms. The van der Waals surface area contributed by atoms with E-state index in [1.807, 2.05) is 36.4 Å². The molecule has 2 N–H and O–H groups in total. The van der Waals surface area contributed by atoms with Gasteiger partial charge in [-0.2, -0.15) is 0 Å². The van der Waals surface area contributed by atoms with Crippen molar-refractivity contribution in [3.05, 3.63) is 83.7 Å². The lowest BCUT2D eigenvalue weighted by atomic mass is 9.98. The van der Waals surface area contributed by atoms with Crippen LogP contribution in [0.25, 0.3) is 0 Å². The van der Waals surface area contributed by atoms with Gasteiger partial charge in [-0.05, 0) is 47.9 Å². The minimum atomic E-state index is -0.577. The third kappa shape index (κ3) is 4.66. The number of nitrogens with zero attached hydrogens (tertiary/aromatic N) is 1. The number of benzene rings is 3. The van der Waals surface area contributed by atoms with Crippen molar-refractivity contribution in [2.75, 3.05) is 17.2 Å². The van der Waals surface area contributed by atoms with E-state index >= 15 is 0 Å². The molecule has 0 saturated heterocycles. The topological polar surface area (TPSA) is 70.7 Å². The van der Waals surface area contributed by atoms with Crippen molar-refractivity contribution in [2.24, 2.45) is 0 Å². The second-order valence-corrected chi connectivity index (χ2v) is 7.25. The minimum Gasteiger partial charge on any atom is -0.455 e. The van der Waals surface area contributed by atoms with Crippen LogP contribution in [0, 0.1) is 5.82 Å². The van der Waals surface area contributed by atoms with E-state index in [1.54, 1.807) is 23.1 Å². The summed E-state index contributed by atoms with van der Waals surface area (Å²) in [6.07, 6.45) is 0.587. The van der Waals surface area contributed by atoms with Crippen LogP contribution in [0.2, 0.25) is 0 Å². The third-order valence-corrected chi connectivity index (χ3v) is 5.04. The number of fused-ring (bicyclic) bond motifs is 1. The molecule has 0 unspecified atom stereocenters. The number of urea groups is 1. The van der Waals surface area contributed by atoms with Crippen LogP contribution in [0.15, 0.2) is 66.7 Å². The highest BCUT2D eigenvalue weighted by molar-refractivity contribution is 5.92. The van der Waals surface area contributed by atoms with Crippen molar-refractivity contribution in [2.45, 2.75) is 19.9 Å². The number of amides is 3. The van der Waals surface area contributed by atoms with Crippen LogP contribution in [0.5, 0.6) is 11.5 Å². The number of ether oxygens (including phenoxy) is 1. The first-order valence-electron chi connectivity index (χ1n) is 9.97. The Kier molecular flexibility index (Phi) is 5.84. The maximum absolute atomic E-state index is 14.5. The van der Waals surface area contributed by atoms with Crippen molar-refractivity contribution in [3.8, 4) is 11.5 Å². The van der Waals surface area contributed by atoms with E-state index in [4.69, 9.17) is 4.74 Å². The Morgan fingerprint density at radius 1 is 0.968 bits per heavy atom. The second-order valence-electron chi connectivity index (χ2n) is 7.25. The molecule has 0 saturated carbocycles. The number of carbonyl (C=O) groups is 2. The molecule has 0 spiro atoms. The average molecular weight is 419 g/mol. The van der Waals surface area contributed by atoms with Crippen LogP contribution in [0.1, 0.15) is 18.1 Å². The zero-order valence-electron chi connectivity index (χ0n) is 17.0. The number of anilines is 2. The summed E-state index contributed by atoms with van der Waals surface area (Å²) in [6.45, 7) is 2.27. The molecule has 1 aliphatic rings. The predicted molar refractivity (Wildman–Crippen MR) is 117 cm³/mol. The lowest BCUT2D eigenvalue weighted by Crippen LogP contribution is -2.39. The molecule has 0 fully saturated rings. The van der Waals surface area contributed by atoms with Gasteiger partial charge in [0.2, 0.25) is 5.91 Å². The predicted octanol–water partition coefficient (Wildman–Crippen LogP) is 5.17. The summed E-state index contributed by atoms with van der Waals surface area (Å²) >= 11 is 0. The fraction of sp³-hybridized carbons (Fsp3) is 0.167. The van der Waals surface area contributed by atoms with E-state index in [0.29, 0.717) is 25.3 Å². The fourth-order valence-corrected chi connectivity index (χ4v) is 3.60. The van der Waals surface area contributed by atoms with E-state index in [0.717, 1.165) is 16.8 Å². The molecule has 4 rings (SSSR count). The van der Waals surface area contributed by atoms with Crippen molar-refractivity contribution in [3.63, 3.8) is 0 Å². The van der Waals surface area contributed by atoms with Gasteiger partial charge in [-0.25, -0.2) is 9.18 Å². The highest BCUT2D eigenvalue weighted by Crippen LogP contribution is 2.33. The molecule has 1 heterocycles. The molecule has 1 aliphatic heterocycles. The molecule has 3 amide bonds. The molecular formula is C24H22FN3O3. The van der Waals surface area contributed by atoms with Crippen molar-refractivity contribution in [1.82, 2.24) is 4.90 Å². The number of carbonyl (C=O) groups excluding carboxylic acids is 2. The SMILES string of the molecule is CC(=O)Nc1cccc2c1CCN(C(=O)Nc1c(F)cccc1Oc1ccccc1)C2. The first-order chi connectivity index (χ1) is 15.0. The maximum atomic E-state index is 14.5. The van der Waals surface area contributed by atoms with Crippen LogP contribution in [0.4, 0.5) is 20.6 Å². The quantitative estimate of drug-likeness (QED) is 0.613. The van der Waals surface area contributed by atoms with Crippen LogP contribution >= 0.6 is 0 Å². The lowest BCUT2D eigenvalue weighted by Gasteiger charge is -2.30. The van der Waals surface area contributed by atoms with Gasteiger partial charge in [0.15, 0.2) is 11.6 Å². The van der Waals surface area contributed by atoms with Crippen molar-refractivity contribution in [1.29, 1.82) is 0 Å². The highest BCUT2D eigenvalue weighted by atomic mass is 19.1. The summed E-state index contributed by atoms with van der Waals surface area (Å²) in [5, 5.41) is 5.49. The minimum absolute atomic E-state index is 0.00542. The smallest absolute Gasteiger partial charge is 0.322 e. The number of nitrogens with one attached hydrogen (secondary N) is 2. The number of hydrogen-bond acceptors (Lipinski definition) is 3. The van der Waals surface area contributed by atoms with Crippen LogP contribution < -0.4 is 15.4 Å². The summed E-state index contributed by atoms with van der Waals surface area (Å²) in [4.78, 5) is 26.0. The Bertz CT molecular complexity index is 1120. The van der Waals surface area contributed by atoms with Gasteiger partial charge in [0.25, 0.3) is 0 Å².